The molecule has 134 valence electrons. The lowest BCUT2D eigenvalue weighted by Crippen LogP contribution is -2.44. The summed E-state index contributed by atoms with van der Waals surface area (Å²) in [5.74, 6) is 0.691. The van der Waals surface area contributed by atoms with Crippen molar-refractivity contribution < 1.29 is 14.3 Å². The van der Waals surface area contributed by atoms with Crippen LogP contribution in [-0.2, 0) is 16.0 Å². The maximum absolute atomic E-state index is 12.4. The molecule has 0 radical (unpaired) electrons. The highest BCUT2D eigenvalue weighted by molar-refractivity contribution is 7.15. The number of hydrogen-bond donors (Lipinski definition) is 1. The Balaban J connectivity index is 1.48. The molecule has 25 heavy (non-hydrogen) atoms. The zero-order valence-corrected chi connectivity index (χ0v) is 15.4. The molecule has 6 nitrogen and oxygen atoms in total. The van der Waals surface area contributed by atoms with Gasteiger partial charge in [0.05, 0.1) is 6.61 Å². The minimum Gasteiger partial charge on any atom is -0.493 e. The first-order valence-corrected chi connectivity index (χ1v) is 9.34. The summed E-state index contributed by atoms with van der Waals surface area (Å²) in [5, 5.41) is 12.3. The summed E-state index contributed by atoms with van der Waals surface area (Å²) in [5.41, 5.74) is 0.436. The van der Waals surface area contributed by atoms with Gasteiger partial charge in [-0.15, -0.1) is 10.2 Å². The number of ether oxygens (including phenoxy) is 2. The number of rotatable bonds is 6. The largest absolute Gasteiger partial charge is 0.493 e. The summed E-state index contributed by atoms with van der Waals surface area (Å²) >= 11 is 1.37. The predicted octanol–water partition coefficient (Wildman–Crippen LogP) is 3.37. The Labute approximate surface area is 151 Å². The Morgan fingerprint density at radius 1 is 1.32 bits per heavy atom. The quantitative estimate of drug-likeness (QED) is 0.854. The van der Waals surface area contributed by atoms with Crippen LogP contribution in [0.1, 0.15) is 36.8 Å². The van der Waals surface area contributed by atoms with Crippen molar-refractivity contribution in [2.24, 2.45) is 0 Å². The van der Waals surface area contributed by atoms with Crippen molar-refractivity contribution in [3.05, 3.63) is 34.8 Å². The molecule has 1 aromatic carbocycles. The van der Waals surface area contributed by atoms with Crippen LogP contribution in [0.25, 0.3) is 0 Å². The molecular formula is C18H23N3O3S. The van der Waals surface area contributed by atoms with Crippen molar-refractivity contribution in [3.63, 3.8) is 0 Å². The molecule has 0 bridgehead atoms. The fraction of sp³-hybridized carbons (Fsp3) is 0.500. The monoisotopic (exact) mass is 361 g/mol. The third-order valence-electron chi connectivity index (χ3n) is 4.24. The first-order valence-electron chi connectivity index (χ1n) is 8.52. The third kappa shape index (κ3) is 4.76. The summed E-state index contributed by atoms with van der Waals surface area (Å²) in [6.07, 6.45) is 3.39. The van der Waals surface area contributed by atoms with Gasteiger partial charge in [0, 0.05) is 13.0 Å². The molecule has 1 aromatic heterocycles. The van der Waals surface area contributed by atoms with Gasteiger partial charge in [0.25, 0.3) is 5.91 Å². The SMILES string of the molecule is Cc1ccc(OCCc2nnc(NC(=O)[C@]3(C)CCCCO3)s2)cc1. The zero-order chi connectivity index (χ0) is 17.7. The normalized spacial score (nSPS) is 20.2. The maximum Gasteiger partial charge on any atom is 0.258 e. The number of nitrogens with one attached hydrogen (secondary N) is 1. The Kier molecular flexibility index (Phi) is 5.65. The fourth-order valence-corrected chi connectivity index (χ4v) is 3.35. The van der Waals surface area contributed by atoms with Crippen LogP contribution in [0.3, 0.4) is 0 Å². The van der Waals surface area contributed by atoms with Crippen LogP contribution in [0.15, 0.2) is 24.3 Å². The third-order valence-corrected chi connectivity index (χ3v) is 5.14. The van der Waals surface area contributed by atoms with Gasteiger partial charge < -0.3 is 9.47 Å². The van der Waals surface area contributed by atoms with Gasteiger partial charge in [-0.25, -0.2) is 0 Å². The zero-order valence-electron chi connectivity index (χ0n) is 14.6. The molecule has 2 aromatic rings. The minimum absolute atomic E-state index is 0.147. The van der Waals surface area contributed by atoms with Gasteiger partial charge in [0.1, 0.15) is 16.4 Å². The molecule has 0 aliphatic carbocycles. The number of amides is 1. The number of carbonyl (C=O) groups excluding carboxylic acids is 1. The Hall–Kier alpha value is -1.99. The average molecular weight is 361 g/mol. The van der Waals surface area contributed by atoms with E-state index in [0.717, 1.165) is 30.0 Å². The van der Waals surface area contributed by atoms with Crippen molar-refractivity contribution in [3.8, 4) is 5.75 Å². The maximum atomic E-state index is 12.4. The number of aryl methyl sites for hydroxylation is 1. The molecule has 2 heterocycles. The van der Waals surface area contributed by atoms with E-state index >= 15 is 0 Å². The number of nitrogens with zero attached hydrogens (tertiary/aromatic N) is 2. The number of anilines is 1. The van der Waals surface area contributed by atoms with Crippen molar-refractivity contribution >= 4 is 22.4 Å². The highest BCUT2D eigenvalue weighted by Gasteiger charge is 2.36. The van der Waals surface area contributed by atoms with Crippen molar-refractivity contribution in [2.45, 2.75) is 45.1 Å². The van der Waals surface area contributed by atoms with Gasteiger partial charge in [-0.3, -0.25) is 10.1 Å². The molecule has 1 saturated heterocycles. The molecule has 0 spiro atoms. The predicted molar refractivity (Wildman–Crippen MR) is 97.1 cm³/mol. The Bertz CT molecular complexity index is 709. The van der Waals surface area contributed by atoms with E-state index in [-0.39, 0.29) is 5.91 Å². The van der Waals surface area contributed by atoms with Crippen LogP contribution in [0, 0.1) is 6.92 Å². The molecule has 1 N–H and O–H groups in total. The topological polar surface area (TPSA) is 73.3 Å². The highest BCUT2D eigenvalue weighted by Crippen LogP contribution is 2.27. The van der Waals surface area contributed by atoms with Gasteiger partial charge in [-0.05, 0) is 45.2 Å². The van der Waals surface area contributed by atoms with E-state index in [1.807, 2.05) is 38.1 Å². The second-order valence-corrected chi connectivity index (χ2v) is 7.47. The highest BCUT2D eigenvalue weighted by atomic mass is 32.1. The van der Waals surface area contributed by atoms with Crippen LogP contribution < -0.4 is 10.1 Å². The second kappa shape index (κ2) is 7.93. The van der Waals surface area contributed by atoms with E-state index in [0.29, 0.717) is 24.8 Å². The Morgan fingerprint density at radius 3 is 2.84 bits per heavy atom. The minimum atomic E-state index is -0.765. The lowest BCUT2D eigenvalue weighted by Gasteiger charge is -2.31. The number of benzene rings is 1. The molecule has 0 unspecified atom stereocenters. The van der Waals surface area contributed by atoms with Gasteiger partial charge in [0.2, 0.25) is 5.13 Å². The number of carbonyl (C=O) groups is 1. The fourth-order valence-electron chi connectivity index (χ4n) is 2.64. The summed E-state index contributed by atoms with van der Waals surface area (Å²) in [6, 6.07) is 7.93. The van der Waals surface area contributed by atoms with Crippen molar-refractivity contribution in [1.29, 1.82) is 0 Å². The van der Waals surface area contributed by atoms with Crippen LogP contribution in [0.4, 0.5) is 5.13 Å². The van der Waals surface area contributed by atoms with E-state index in [9.17, 15) is 4.79 Å². The molecular weight excluding hydrogens is 338 g/mol. The van der Waals surface area contributed by atoms with Crippen LogP contribution in [0.5, 0.6) is 5.75 Å². The van der Waals surface area contributed by atoms with Gasteiger partial charge >= 0.3 is 0 Å². The smallest absolute Gasteiger partial charge is 0.258 e. The molecule has 1 amide bonds. The Morgan fingerprint density at radius 2 is 2.12 bits per heavy atom. The summed E-state index contributed by atoms with van der Waals surface area (Å²) in [7, 11) is 0. The lowest BCUT2D eigenvalue weighted by atomic mass is 9.95. The standard InChI is InChI=1S/C18H23N3O3S/c1-13-5-7-14(8-6-13)23-12-9-15-20-21-17(25-15)19-16(22)18(2)10-3-4-11-24-18/h5-8H,3-4,9-12H2,1-2H3,(H,19,21,22)/t18-/m0/s1. The number of aromatic nitrogens is 2. The summed E-state index contributed by atoms with van der Waals surface area (Å²) in [6.45, 7) is 5.02. The molecule has 0 saturated carbocycles. The van der Waals surface area contributed by atoms with Gasteiger partial charge in [0.15, 0.2) is 0 Å². The summed E-state index contributed by atoms with van der Waals surface area (Å²) in [4.78, 5) is 12.4. The lowest BCUT2D eigenvalue weighted by molar-refractivity contribution is -0.144. The summed E-state index contributed by atoms with van der Waals surface area (Å²) < 4.78 is 11.4. The first kappa shape index (κ1) is 17.8. The molecule has 7 heteroatoms. The molecule has 1 aliphatic rings. The molecule has 1 aliphatic heterocycles. The second-order valence-electron chi connectivity index (χ2n) is 6.40. The molecule has 3 rings (SSSR count). The number of hydrogen-bond acceptors (Lipinski definition) is 6. The van der Waals surface area contributed by atoms with E-state index in [2.05, 4.69) is 15.5 Å². The van der Waals surface area contributed by atoms with Gasteiger partial charge in [-0.1, -0.05) is 29.0 Å². The van der Waals surface area contributed by atoms with E-state index in [1.54, 1.807) is 0 Å². The van der Waals surface area contributed by atoms with E-state index in [1.165, 1.54) is 16.9 Å². The van der Waals surface area contributed by atoms with E-state index in [4.69, 9.17) is 9.47 Å². The van der Waals surface area contributed by atoms with Gasteiger partial charge in [-0.2, -0.15) is 0 Å². The van der Waals surface area contributed by atoms with E-state index < -0.39 is 5.60 Å². The average Bonchev–Trinajstić information content (AvgIpc) is 3.05. The van der Waals surface area contributed by atoms with Crippen LogP contribution in [0.2, 0.25) is 0 Å². The molecule has 1 fully saturated rings. The van der Waals surface area contributed by atoms with Crippen LogP contribution in [-0.4, -0.2) is 34.9 Å². The first-order chi connectivity index (χ1) is 12.0. The molecule has 1 atom stereocenters. The van der Waals surface area contributed by atoms with Crippen LogP contribution >= 0.6 is 11.3 Å². The van der Waals surface area contributed by atoms with Crippen molar-refractivity contribution in [2.75, 3.05) is 18.5 Å². The van der Waals surface area contributed by atoms with Crippen molar-refractivity contribution in [1.82, 2.24) is 10.2 Å².